The summed E-state index contributed by atoms with van der Waals surface area (Å²) < 4.78 is 1.25. The molecule has 0 bridgehead atoms. The van der Waals surface area contributed by atoms with Gasteiger partial charge in [0, 0.05) is 5.75 Å². The Bertz CT molecular complexity index is 420. The monoisotopic (exact) mass is 250 g/mol. The Balaban J connectivity index is 2.03. The summed E-state index contributed by atoms with van der Waals surface area (Å²) in [7, 11) is 0. The van der Waals surface area contributed by atoms with Crippen molar-refractivity contribution < 1.29 is 5.11 Å². The van der Waals surface area contributed by atoms with Crippen LogP contribution in [0.15, 0.2) is 52.1 Å². The first-order valence-corrected chi connectivity index (χ1v) is 6.99. The third-order valence-electron chi connectivity index (χ3n) is 2.39. The van der Waals surface area contributed by atoms with Gasteiger partial charge in [-0.2, -0.15) is 0 Å². The van der Waals surface area contributed by atoms with E-state index in [4.69, 9.17) is 0 Å². The average Bonchev–Trinajstić information content (AvgIpc) is 2.81. The number of benzene rings is 1. The molecule has 1 unspecified atom stereocenters. The predicted octanol–water partition coefficient (Wildman–Crippen LogP) is 3.75. The number of rotatable bonds is 4. The first-order chi connectivity index (χ1) is 7.68. The van der Waals surface area contributed by atoms with Crippen molar-refractivity contribution in [3.8, 4) is 0 Å². The van der Waals surface area contributed by atoms with Crippen LogP contribution in [0.4, 0.5) is 0 Å². The van der Waals surface area contributed by atoms with Gasteiger partial charge in [0.05, 0.1) is 9.81 Å². The molecule has 0 fully saturated rings. The lowest BCUT2D eigenvalue weighted by Gasteiger charge is -2.22. The molecule has 0 amide bonds. The van der Waals surface area contributed by atoms with E-state index in [-0.39, 0.29) is 0 Å². The van der Waals surface area contributed by atoms with Gasteiger partial charge in [0.2, 0.25) is 0 Å². The lowest BCUT2D eigenvalue weighted by Crippen LogP contribution is -2.23. The van der Waals surface area contributed by atoms with Crippen molar-refractivity contribution in [3.63, 3.8) is 0 Å². The molecule has 0 aliphatic heterocycles. The molecule has 0 saturated carbocycles. The van der Waals surface area contributed by atoms with Crippen LogP contribution in [0.2, 0.25) is 0 Å². The fourth-order valence-electron chi connectivity index (χ4n) is 1.44. The van der Waals surface area contributed by atoms with Crippen LogP contribution in [0.1, 0.15) is 12.5 Å². The van der Waals surface area contributed by atoms with Crippen LogP contribution in [-0.2, 0) is 5.60 Å². The minimum absolute atomic E-state index is 0.678. The van der Waals surface area contributed by atoms with Gasteiger partial charge < -0.3 is 5.11 Å². The molecular formula is C13H14OS2. The molecule has 0 aliphatic carbocycles. The Morgan fingerprint density at radius 1 is 1.19 bits per heavy atom. The molecule has 1 aromatic heterocycles. The predicted molar refractivity (Wildman–Crippen MR) is 71.1 cm³/mol. The lowest BCUT2D eigenvalue weighted by atomic mass is 9.99. The zero-order valence-electron chi connectivity index (χ0n) is 9.09. The first kappa shape index (κ1) is 11.7. The van der Waals surface area contributed by atoms with Gasteiger partial charge in [-0.3, -0.25) is 0 Å². The molecule has 2 aromatic rings. The highest BCUT2D eigenvalue weighted by atomic mass is 32.2. The maximum atomic E-state index is 10.4. The van der Waals surface area contributed by atoms with Crippen molar-refractivity contribution in [2.45, 2.75) is 16.7 Å². The van der Waals surface area contributed by atoms with Gasteiger partial charge in [-0.1, -0.05) is 36.4 Å². The summed E-state index contributed by atoms with van der Waals surface area (Å²) in [5.74, 6) is 0.678. The molecule has 1 N–H and O–H groups in total. The van der Waals surface area contributed by atoms with E-state index < -0.39 is 5.60 Å². The SMILES string of the molecule is CC(O)(CSc1cccs1)c1ccccc1. The van der Waals surface area contributed by atoms with E-state index in [0.29, 0.717) is 5.75 Å². The van der Waals surface area contributed by atoms with Crippen molar-refractivity contribution in [3.05, 3.63) is 53.4 Å². The van der Waals surface area contributed by atoms with Crippen molar-refractivity contribution in [2.24, 2.45) is 0 Å². The van der Waals surface area contributed by atoms with Crippen molar-refractivity contribution in [2.75, 3.05) is 5.75 Å². The minimum atomic E-state index is -0.768. The largest absolute Gasteiger partial charge is 0.385 e. The Morgan fingerprint density at radius 2 is 1.94 bits per heavy atom. The number of thioether (sulfide) groups is 1. The van der Waals surface area contributed by atoms with Gasteiger partial charge in [0.15, 0.2) is 0 Å². The van der Waals surface area contributed by atoms with Gasteiger partial charge >= 0.3 is 0 Å². The van der Waals surface area contributed by atoms with Crippen molar-refractivity contribution in [1.29, 1.82) is 0 Å². The maximum absolute atomic E-state index is 10.4. The summed E-state index contributed by atoms with van der Waals surface area (Å²) in [5, 5.41) is 12.4. The van der Waals surface area contributed by atoms with Crippen LogP contribution in [-0.4, -0.2) is 10.9 Å². The standard InChI is InChI=1S/C13H14OS2/c1-13(14,11-6-3-2-4-7-11)10-16-12-8-5-9-15-12/h2-9,14H,10H2,1H3. The molecule has 84 valence electrons. The molecule has 1 aromatic carbocycles. The molecule has 1 heterocycles. The molecular weight excluding hydrogens is 236 g/mol. The highest BCUT2D eigenvalue weighted by Gasteiger charge is 2.22. The molecule has 16 heavy (non-hydrogen) atoms. The van der Waals surface area contributed by atoms with Gasteiger partial charge in [-0.25, -0.2) is 0 Å². The zero-order valence-corrected chi connectivity index (χ0v) is 10.7. The Labute approximate surface area is 104 Å². The molecule has 1 nitrogen and oxygen atoms in total. The highest BCUT2D eigenvalue weighted by molar-refractivity contribution is 8.01. The second kappa shape index (κ2) is 5.04. The third-order valence-corrected chi connectivity index (χ3v) is 4.82. The minimum Gasteiger partial charge on any atom is -0.385 e. The number of hydrogen-bond acceptors (Lipinski definition) is 3. The quantitative estimate of drug-likeness (QED) is 0.834. The Kier molecular flexibility index (Phi) is 3.69. The molecule has 0 radical (unpaired) electrons. The van der Waals surface area contributed by atoms with Crippen LogP contribution in [0.5, 0.6) is 0 Å². The number of thiophene rings is 1. The summed E-state index contributed by atoms with van der Waals surface area (Å²) in [6, 6.07) is 13.9. The van der Waals surface area contributed by atoms with E-state index in [0.717, 1.165) is 5.56 Å². The van der Waals surface area contributed by atoms with Crippen LogP contribution in [0.3, 0.4) is 0 Å². The maximum Gasteiger partial charge on any atom is 0.0962 e. The topological polar surface area (TPSA) is 20.2 Å². The summed E-state index contributed by atoms with van der Waals surface area (Å²) in [6.45, 7) is 1.86. The zero-order chi connectivity index (χ0) is 11.4. The average molecular weight is 250 g/mol. The Hall–Kier alpha value is -0.770. The van der Waals surface area contributed by atoms with E-state index in [1.165, 1.54) is 4.21 Å². The fourth-order valence-corrected chi connectivity index (χ4v) is 3.27. The molecule has 0 spiro atoms. The number of aliphatic hydroxyl groups is 1. The second-order valence-corrected chi connectivity index (χ2v) is 6.08. The van der Waals surface area contributed by atoms with E-state index in [1.54, 1.807) is 23.1 Å². The molecule has 0 saturated heterocycles. The molecule has 2 rings (SSSR count). The van der Waals surface area contributed by atoms with Gasteiger partial charge in [0.1, 0.15) is 0 Å². The van der Waals surface area contributed by atoms with Crippen LogP contribution in [0, 0.1) is 0 Å². The lowest BCUT2D eigenvalue weighted by molar-refractivity contribution is 0.0840. The van der Waals surface area contributed by atoms with Crippen LogP contribution in [0.25, 0.3) is 0 Å². The van der Waals surface area contributed by atoms with Gasteiger partial charge in [-0.15, -0.1) is 23.1 Å². The fraction of sp³-hybridized carbons (Fsp3) is 0.231. The first-order valence-electron chi connectivity index (χ1n) is 5.13. The van der Waals surface area contributed by atoms with Gasteiger partial charge in [-0.05, 0) is 23.9 Å². The molecule has 3 heteroatoms. The summed E-state index contributed by atoms with van der Waals surface area (Å²) >= 11 is 3.41. The smallest absolute Gasteiger partial charge is 0.0962 e. The Morgan fingerprint density at radius 3 is 2.56 bits per heavy atom. The van der Waals surface area contributed by atoms with Crippen molar-refractivity contribution >= 4 is 23.1 Å². The number of hydrogen-bond donors (Lipinski definition) is 1. The normalized spacial score (nSPS) is 14.6. The third kappa shape index (κ3) is 2.88. The highest BCUT2D eigenvalue weighted by Crippen LogP contribution is 2.31. The second-order valence-electron chi connectivity index (χ2n) is 3.86. The van der Waals surface area contributed by atoms with Crippen LogP contribution >= 0.6 is 23.1 Å². The van der Waals surface area contributed by atoms with Crippen LogP contribution < -0.4 is 0 Å². The summed E-state index contributed by atoms with van der Waals surface area (Å²) in [6.07, 6.45) is 0. The molecule has 0 aliphatic rings. The van der Waals surface area contributed by atoms with E-state index >= 15 is 0 Å². The molecule has 1 atom stereocenters. The van der Waals surface area contributed by atoms with E-state index in [1.807, 2.05) is 43.3 Å². The summed E-state index contributed by atoms with van der Waals surface area (Å²) in [4.78, 5) is 0. The van der Waals surface area contributed by atoms with E-state index in [2.05, 4.69) is 11.4 Å². The van der Waals surface area contributed by atoms with E-state index in [9.17, 15) is 5.11 Å². The van der Waals surface area contributed by atoms with Crippen molar-refractivity contribution in [1.82, 2.24) is 0 Å². The van der Waals surface area contributed by atoms with Gasteiger partial charge in [0.25, 0.3) is 0 Å². The summed E-state index contributed by atoms with van der Waals surface area (Å²) in [5.41, 5.74) is 0.203.